The van der Waals surface area contributed by atoms with Crippen LogP contribution in [0.5, 0.6) is 0 Å². The second-order valence-electron chi connectivity index (χ2n) is 4.10. The van der Waals surface area contributed by atoms with Gasteiger partial charge in [-0.3, -0.25) is 4.79 Å². The zero-order valence-electron chi connectivity index (χ0n) is 11.2. The van der Waals surface area contributed by atoms with Gasteiger partial charge in [-0.1, -0.05) is 23.2 Å². The molecular formula is C13H13Cl2N3O2S. The van der Waals surface area contributed by atoms with Crippen LogP contribution in [0.1, 0.15) is 4.88 Å². The van der Waals surface area contributed by atoms with E-state index in [0.29, 0.717) is 21.7 Å². The van der Waals surface area contributed by atoms with Crippen molar-refractivity contribution < 1.29 is 9.53 Å². The van der Waals surface area contributed by atoms with Gasteiger partial charge in [0.2, 0.25) is 5.91 Å². The Bertz CT molecular complexity index is 634. The number of methoxy groups -OCH3 is 1. The Morgan fingerprint density at radius 2 is 2.19 bits per heavy atom. The molecule has 1 aromatic heterocycles. The minimum absolute atomic E-state index is 0.00742. The summed E-state index contributed by atoms with van der Waals surface area (Å²) in [6.07, 6.45) is 1.70. The van der Waals surface area contributed by atoms with Crippen LogP contribution in [0.3, 0.4) is 0 Å². The molecule has 0 fully saturated rings. The summed E-state index contributed by atoms with van der Waals surface area (Å²) in [5.74, 6) is -0.233. The van der Waals surface area contributed by atoms with Crippen molar-refractivity contribution >= 4 is 51.8 Å². The van der Waals surface area contributed by atoms with Crippen LogP contribution in [0.2, 0.25) is 9.49 Å². The number of carbonyl (C=O) groups excluding carboxylic acids is 1. The fourth-order valence-electron chi connectivity index (χ4n) is 1.64. The van der Waals surface area contributed by atoms with E-state index < -0.39 is 0 Å². The van der Waals surface area contributed by atoms with E-state index in [1.165, 1.54) is 18.4 Å². The molecule has 1 aromatic carbocycles. The Labute approximate surface area is 136 Å². The summed E-state index contributed by atoms with van der Waals surface area (Å²) < 4.78 is 5.28. The summed E-state index contributed by atoms with van der Waals surface area (Å²) in [7, 11) is 1.47. The third-order valence-corrected chi connectivity index (χ3v) is 3.86. The number of benzene rings is 1. The van der Waals surface area contributed by atoms with Crippen LogP contribution in [-0.2, 0) is 16.1 Å². The average molecular weight is 346 g/mol. The molecule has 0 atom stereocenters. The van der Waals surface area contributed by atoms with Crippen molar-refractivity contribution in [3.8, 4) is 0 Å². The average Bonchev–Trinajstić information content (AvgIpc) is 2.85. The van der Waals surface area contributed by atoms with Crippen molar-refractivity contribution in [1.82, 2.24) is 4.98 Å². The lowest BCUT2D eigenvalue weighted by atomic mass is 10.2. The van der Waals surface area contributed by atoms with Crippen molar-refractivity contribution in [2.45, 2.75) is 6.54 Å². The van der Waals surface area contributed by atoms with E-state index >= 15 is 0 Å². The molecule has 0 unspecified atom stereocenters. The Hall–Kier alpha value is -1.34. The van der Waals surface area contributed by atoms with Crippen LogP contribution in [-0.4, -0.2) is 24.6 Å². The third kappa shape index (κ3) is 4.86. The number of nitrogens with zero attached hydrogens (tertiary/aromatic N) is 1. The summed E-state index contributed by atoms with van der Waals surface area (Å²) in [5.41, 5.74) is 1.36. The number of carbonyl (C=O) groups is 1. The molecule has 0 aliphatic heterocycles. The highest BCUT2D eigenvalue weighted by Gasteiger charge is 2.08. The standard InChI is InChI=1S/C13H13Cl2N3O2S/c1-20-7-12(19)18-10-3-2-8(14)4-11(10)16-5-9-6-17-13(15)21-9/h2-4,6,16H,5,7H2,1H3,(H,18,19). The molecule has 2 aromatic rings. The number of rotatable bonds is 6. The fraction of sp³-hybridized carbons (Fsp3) is 0.231. The lowest BCUT2D eigenvalue weighted by molar-refractivity contribution is -0.119. The molecule has 2 N–H and O–H groups in total. The highest BCUT2D eigenvalue weighted by Crippen LogP contribution is 2.27. The number of halogens is 2. The molecular weight excluding hydrogens is 333 g/mol. The minimum Gasteiger partial charge on any atom is -0.378 e. The molecule has 0 aliphatic carbocycles. The van der Waals surface area contributed by atoms with Gasteiger partial charge in [0.25, 0.3) is 0 Å². The molecule has 0 spiro atoms. The second kappa shape index (κ2) is 7.61. The van der Waals surface area contributed by atoms with Gasteiger partial charge in [-0.2, -0.15) is 0 Å². The number of amides is 1. The first kappa shape index (κ1) is 16.0. The lowest BCUT2D eigenvalue weighted by Gasteiger charge is -2.13. The Kier molecular flexibility index (Phi) is 5.81. The van der Waals surface area contributed by atoms with Crippen LogP contribution in [0, 0.1) is 0 Å². The topological polar surface area (TPSA) is 63.2 Å². The van der Waals surface area contributed by atoms with Crippen molar-refractivity contribution in [2.24, 2.45) is 0 Å². The van der Waals surface area contributed by atoms with Crippen molar-refractivity contribution in [1.29, 1.82) is 0 Å². The van der Waals surface area contributed by atoms with E-state index in [2.05, 4.69) is 15.6 Å². The van der Waals surface area contributed by atoms with Gasteiger partial charge in [0, 0.05) is 23.2 Å². The van der Waals surface area contributed by atoms with E-state index in [9.17, 15) is 4.79 Å². The second-order valence-corrected chi connectivity index (χ2v) is 6.24. The monoisotopic (exact) mass is 345 g/mol. The van der Waals surface area contributed by atoms with Gasteiger partial charge in [-0.25, -0.2) is 4.98 Å². The maximum atomic E-state index is 11.6. The summed E-state index contributed by atoms with van der Waals surface area (Å²) in [6, 6.07) is 5.18. The Morgan fingerprint density at radius 3 is 2.86 bits per heavy atom. The summed E-state index contributed by atoms with van der Waals surface area (Å²) in [5, 5.41) is 6.53. The van der Waals surface area contributed by atoms with Gasteiger partial charge in [-0.15, -0.1) is 11.3 Å². The first-order valence-electron chi connectivity index (χ1n) is 6.01. The molecule has 21 heavy (non-hydrogen) atoms. The number of ether oxygens (including phenoxy) is 1. The molecule has 2 rings (SSSR count). The molecule has 0 bridgehead atoms. The molecule has 0 aliphatic rings. The molecule has 1 amide bonds. The predicted octanol–water partition coefficient (Wildman–Crippen LogP) is 3.65. The summed E-state index contributed by atoms with van der Waals surface area (Å²) in [6.45, 7) is 0.532. The number of aromatic nitrogens is 1. The fourth-order valence-corrected chi connectivity index (χ4v) is 2.73. The first-order valence-corrected chi connectivity index (χ1v) is 7.58. The summed E-state index contributed by atoms with van der Waals surface area (Å²) >= 11 is 13.2. The maximum Gasteiger partial charge on any atom is 0.250 e. The molecule has 112 valence electrons. The minimum atomic E-state index is -0.233. The van der Waals surface area contributed by atoms with Crippen molar-refractivity contribution in [3.05, 3.63) is 38.8 Å². The number of anilines is 2. The highest BCUT2D eigenvalue weighted by molar-refractivity contribution is 7.15. The largest absolute Gasteiger partial charge is 0.378 e. The highest BCUT2D eigenvalue weighted by atomic mass is 35.5. The van der Waals surface area contributed by atoms with Crippen molar-refractivity contribution in [3.63, 3.8) is 0 Å². The Balaban J connectivity index is 2.09. The van der Waals surface area contributed by atoms with E-state index in [1.807, 2.05) is 0 Å². The Morgan fingerprint density at radius 1 is 1.38 bits per heavy atom. The first-order chi connectivity index (χ1) is 10.1. The molecule has 1 heterocycles. The van der Waals surface area contributed by atoms with Gasteiger partial charge in [0.15, 0.2) is 4.47 Å². The number of nitrogens with one attached hydrogen (secondary N) is 2. The van der Waals surface area contributed by atoms with Crippen LogP contribution < -0.4 is 10.6 Å². The van der Waals surface area contributed by atoms with Gasteiger partial charge >= 0.3 is 0 Å². The zero-order chi connectivity index (χ0) is 15.2. The predicted molar refractivity (Wildman–Crippen MR) is 86.4 cm³/mol. The molecule has 0 saturated carbocycles. The third-order valence-electron chi connectivity index (χ3n) is 2.51. The maximum absolute atomic E-state index is 11.6. The molecule has 0 radical (unpaired) electrons. The quantitative estimate of drug-likeness (QED) is 0.838. The molecule has 8 heteroatoms. The van der Waals surface area contributed by atoms with Crippen LogP contribution >= 0.6 is 34.5 Å². The van der Waals surface area contributed by atoms with Gasteiger partial charge in [-0.05, 0) is 18.2 Å². The molecule has 0 saturated heterocycles. The van der Waals surface area contributed by atoms with Crippen LogP contribution in [0.15, 0.2) is 24.4 Å². The van der Waals surface area contributed by atoms with E-state index in [0.717, 1.165) is 10.6 Å². The number of thiazole rings is 1. The van der Waals surface area contributed by atoms with Crippen molar-refractivity contribution in [2.75, 3.05) is 24.4 Å². The number of hydrogen-bond donors (Lipinski definition) is 2. The van der Waals surface area contributed by atoms with Gasteiger partial charge in [0.05, 0.1) is 17.9 Å². The van der Waals surface area contributed by atoms with Crippen LogP contribution in [0.25, 0.3) is 0 Å². The van der Waals surface area contributed by atoms with Gasteiger partial charge < -0.3 is 15.4 Å². The summed E-state index contributed by atoms with van der Waals surface area (Å²) in [4.78, 5) is 16.6. The zero-order valence-corrected chi connectivity index (χ0v) is 13.5. The van der Waals surface area contributed by atoms with E-state index in [4.69, 9.17) is 27.9 Å². The SMILES string of the molecule is COCC(=O)Nc1ccc(Cl)cc1NCc1cnc(Cl)s1. The smallest absolute Gasteiger partial charge is 0.250 e. The molecule has 5 nitrogen and oxygen atoms in total. The van der Waals surface area contributed by atoms with Gasteiger partial charge in [0.1, 0.15) is 6.61 Å². The number of hydrogen-bond acceptors (Lipinski definition) is 5. The van der Waals surface area contributed by atoms with E-state index in [1.54, 1.807) is 24.4 Å². The van der Waals surface area contributed by atoms with E-state index in [-0.39, 0.29) is 12.5 Å². The normalized spacial score (nSPS) is 10.4. The lowest BCUT2D eigenvalue weighted by Crippen LogP contribution is -2.18. The van der Waals surface area contributed by atoms with Crippen LogP contribution in [0.4, 0.5) is 11.4 Å².